The van der Waals surface area contributed by atoms with Gasteiger partial charge in [0, 0.05) is 35.6 Å². The monoisotopic (exact) mass is 524 g/mol. The number of ether oxygens (including phenoxy) is 1. The molecule has 8 nitrogen and oxygen atoms in total. The molecule has 1 fully saturated rings. The number of aromatic nitrogens is 2. The molecule has 0 bridgehead atoms. The lowest BCUT2D eigenvalue weighted by molar-refractivity contribution is -0.200. The van der Waals surface area contributed by atoms with Crippen LogP contribution >= 0.6 is 0 Å². The quantitative estimate of drug-likeness (QED) is 0.385. The van der Waals surface area contributed by atoms with E-state index in [4.69, 9.17) is 5.73 Å². The molecule has 0 spiro atoms. The van der Waals surface area contributed by atoms with Crippen LogP contribution in [-0.2, 0) is 19.6 Å². The van der Waals surface area contributed by atoms with E-state index in [0.29, 0.717) is 12.0 Å². The lowest BCUT2D eigenvalue weighted by Gasteiger charge is -2.25. The molecule has 2 heterocycles. The van der Waals surface area contributed by atoms with Gasteiger partial charge < -0.3 is 10.5 Å². The molecule has 2 N–H and O–H groups in total. The SMILES string of the molecule is Nc1ncc(-c2ccc(-c3ccccc3S(=O)(=O)N3CCC[C@H]3COC(=O)C(F)(F)F)cc2F)cn1. The second-order valence-corrected chi connectivity index (χ2v) is 9.89. The molecule has 1 aromatic heterocycles. The molecule has 3 aromatic rings. The van der Waals surface area contributed by atoms with Gasteiger partial charge in [-0.05, 0) is 30.5 Å². The molecule has 1 aliphatic rings. The zero-order valence-corrected chi connectivity index (χ0v) is 19.4. The van der Waals surface area contributed by atoms with E-state index in [0.717, 1.165) is 4.31 Å². The van der Waals surface area contributed by atoms with E-state index in [2.05, 4.69) is 14.7 Å². The second-order valence-electron chi connectivity index (χ2n) is 8.03. The number of nitrogen functional groups attached to an aromatic ring is 1. The van der Waals surface area contributed by atoms with Gasteiger partial charge in [-0.2, -0.15) is 17.5 Å². The van der Waals surface area contributed by atoms with Gasteiger partial charge in [0.05, 0.1) is 10.9 Å². The molecule has 36 heavy (non-hydrogen) atoms. The summed E-state index contributed by atoms with van der Waals surface area (Å²) in [4.78, 5) is 18.6. The van der Waals surface area contributed by atoms with Crippen molar-refractivity contribution in [2.75, 3.05) is 18.9 Å². The minimum Gasteiger partial charge on any atom is -0.457 e. The molecule has 2 aromatic carbocycles. The van der Waals surface area contributed by atoms with E-state index >= 15 is 0 Å². The number of carbonyl (C=O) groups is 1. The number of alkyl halides is 3. The summed E-state index contributed by atoms with van der Waals surface area (Å²) in [5.41, 5.74) is 6.50. The molecule has 1 saturated heterocycles. The van der Waals surface area contributed by atoms with Crippen molar-refractivity contribution < 1.29 is 35.5 Å². The third kappa shape index (κ3) is 5.16. The normalized spacial score (nSPS) is 16.7. The summed E-state index contributed by atoms with van der Waals surface area (Å²) < 4.78 is 84.9. The van der Waals surface area contributed by atoms with E-state index in [1.165, 1.54) is 48.8 Å². The van der Waals surface area contributed by atoms with Gasteiger partial charge in [-0.1, -0.05) is 30.3 Å². The van der Waals surface area contributed by atoms with E-state index in [9.17, 15) is 30.8 Å². The number of rotatable bonds is 6. The summed E-state index contributed by atoms with van der Waals surface area (Å²) >= 11 is 0. The maximum Gasteiger partial charge on any atom is 0.490 e. The number of hydrogen-bond acceptors (Lipinski definition) is 7. The second kappa shape index (κ2) is 9.82. The summed E-state index contributed by atoms with van der Waals surface area (Å²) in [6.45, 7) is -0.692. The van der Waals surface area contributed by atoms with Crippen molar-refractivity contribution in [1.29, 1.82) is 0 Å². The average Bonchev–Trinajstić information content (AvgIpc) is 3.32. The maximum absolute atomic E-state index is 15.0. The van der Waals surface area contributed by atoms with Crippen molar-refractivity contribution in [2.24, 2.45) is 0 Å². The van der Waals surface area contributed by atoms with E-state index in [-0.39, 0.29) is 40.5 Å². The predicted molar refractivity (Wildman–Crippen MR) is 121 cm³/mol. The Morgan fingerprint density at radius 1 is 1.08 bits per heavy atom. The molecule has 0 saturated carbocycles. The Balaban J connectivity index is 1.64. The summed E-state index contributed by atoms with van der Waals surface area (Å²) in [6.07, 6.45) is -1.86. The van der Waals surface area contributed by atoms with Gasteiger partial charge in [-0.25, -0.2) is 27.6 Å². The summed E-state index contributed by atoms with van der Waals surface area (Å²) in [7, 11) is -4.23. The van der Waals surface area contributed by atoms with Crippen LogP contribution in [0.15, 0.2) is 59.8 Å². The van der Waals surface area contributed by atoms with Crippen molar-refractivity contribution in [3.8, 4) is 22.3 Å². The minimum absolute atomic E-state index is 0.0308. The Morgan fingerprint density at radius 2 is 1.78 bits per heavy atom. The highest BCUT2D eigenvalue weighted by molar-refractivity contribution is 7.89. The number of carbonyl (C=O) groups excluding carboxylic acids is 1. The highest BCUT2D eigenvalue weighted by Crippen LogP contribution is 2.35. The van der Waals surface area contributed by atoms with E-state index < -0.39 is 40.6 Å². The number of halogens is 4. The Labute approximate surface area is 203 Å². The Kier molecular flexibility index (Phi) is 6.96. The van der Waals surface area contributed by atoms with Crippen molar-refractivity contribution in [2.45, 2.75) is 30.0 Å². The topological polar surface area (TPSA) is 115 Å². The fraction of sp³-hybridized carbons (Fsp3) is 0.261. The summed E-state index contributed by atoms with van der Waals surface area (Å²) in [5.74, 6) is -3.00. The fourth-order valence-corrected chi connectivity index (χ4v) is 5.89. The van der Waals surface area contributed by atoms with Crippen molar-refractivity contribution in [3.63, 3.8) is 0 Å². The Morgan fingerprint density at radius 3 is 2.44 bits per heavy atom. The first-order valence-electron chi connectivity index (χ1n) is 10.7. The van der Waals surface area contributed by atoms with Crippen molar-refractivity contribution in [1.82, 2.24) is 14.3 Å². The first-order valence-corrected chi connectivity index (χ1v) is 12.1. The van der Waals surface area contributed by atoms with Crippen LogP contribution < -0.4 is 5.73 Å². The van der Waals surface area contributed by atoms with Crippen LogP contribution in [0.5, 0.6) is 0 Å². The minimum atomic E-state index is -5.18. The van der Waals surface area contributed by atoms with Crippen LogP contribution in [0.4, 0.5) is 23.5 Å². The molecule has 1 aliphatic heterocycles. The highest BCUT2D eigenvalue weighted by Gasteiger charge is 2.43. The third-order valence-electron chi connectivity index (χ3n) is 5.70. The lowest BCUT2D eigenvalue weighted by atomic mass is 10.0. The molecule has 13 heteroatoms. The van der Waals surface area contributed by atoms with Crippen molar-refractivity contribution >= 4 is 21.9 Å². The van der Waals surface area contributed by atoms with Crippen LogP contribution in [0.3, 0.4) is 0 Å². The molecule has 0 amide bonds. The third-order valence-corrected chi connectivity index (χ3v) is 7.71. The van der Waals surface area contributed by atoms with Gasteiger partial charge in [0.2, 0.25) is 16.0 Å². The molecular weight excluding hydrogens is 504 g/mol. The number of sulfonamides is 1. The summed E-state index contributed by atoms with van der Waals surface area (Å²) in [5, 5.41) is 0. The van der Waals surface area contributed by atoms with Gasteiger partial charge in [0.15, 0.2) is 0 Å². The smallest absolute Gasteiger partial charge is 0.457 e. The lowest BCUT2D eigenvalue weighted by Crippen LogP contribution is -2.40. The van der Waals surface area contributed by atoms with Crippen LogP contribution in [0.2, 0.25) is 0 Å². The molecule has 1 atom stereocenters. The zero-order chi connectivity index (χ0) is 26.1. The average molecular weight is 524 g/mol. The van der Waals surface area contributed by atoms with Gasteiger partial charge in [-0.15, -0.1) is 0 Å². The van der Waals surface area contributed by atoms with Crippen LogP contribution in [0.1, 0.15) is 12.8 Å². The number of esters is 1. The number of hydrogen-bond donors (Lipinski definition) is 1. The van der Waals surface area contributed by atoms with Crippen LogP contribution in [0, 0.1) is 5.82 Å². The molecule has 190 valence electrons. The van der Waals surface area contributed by atoms with Crippen LogP contribution in [-0.4, -0.2) is 54.0 Å². The van der Waals surface area contributed by atoms with Gasteiger partial charge in [0.1, 0.15) is 12.4 Å². The molecule has 0 radical (unpaired) electrons. The fourth-order valence-electron chi connectivity index (χ4n) is 4.00. The number of anilines is 1. The first-order chi connectivity index (χ1) is 17.0. The van der Waals surface area contributed by atoms with Gasteiger partial charge in [-0.3, -0.25) is 0 Å². The number of nitrogens with zero attached hydrogens (tertiary/aromatic N) is 3. The Hall–Kier alpha value is -3.58. The van der Waals surface area contributed by atoms with Gasteiger partial charge >= 0.3 is 12.1 Å². The van der Waals surface area contributed by atoms with E-state index in [1.807, 2.05) is 0 Å². The molecule has 4 rings (SSSR count). The van der Waals surface area contributed by atoms with Gasteiger partial charge in [0.25, 0.3) is 0 Å². The largest absolute Gasteiger partial charge is 0.490 e. The maximum atomic E-state index is 15.0. The zero-order valence-electron chi connectivity index (χ0n) is 18.6. The highest BCUT2D eigenvalue weighted by atomic mass is 32.2. The molecular formula is C23H20F4N4O4S. The predicted octanol–water partition coefficient (Wildman–Crippen LogP) is 3.79. The number of benzene rings is 2. The molecule has 0 unspecified atom stereocenters. The van der Waals surface area contributed by atoms with Crippen LogP contribution in [0.25, 0.3) is 22.3 Å². The number of nitrogens with two attached hydrogens (primary N) is 1. The van der Waals surface area contributed by atoms with E-state index in [1.54, 1.807) is 6.07 Å². The van der Waals surface area contributed by atoms with Crippen molar-refractivity contribution in [3.05, 3.63) is 60.7 Å². The first kappa shape index (κ1) is 25.5. The standard InChI is InChI=1S/C23H20F4N4O4S/c24-19-10-14(7-8-17(19)15-11-29-22(28)30-12-15)18-5-1-2-6-20(18)36(33,34)31-9-3-4-16(31)13-35-21(32)23(25,26)27/h1-2,5-8,10-12,16H,3-4,9,13H2,(H2,28,29,30)/t16-/m0/s1. The molecule has 0 aliphatic carbocycles. The summed E-state index contributed by atoms with van der Waals surface area (Å²) in [6, 6.07) is 9.12. The Bertz CT molecular complexity index is 1380.